The number of hydrogen-bond acceptors (Lipinski definition) is 2. The number of nitrogens with one attached hydrogen (secondary N) is 1. The number of alkyl halides is 3. The molecule has 1 aliphatic rings. The Labute approximate surface area is 95.2 Å². The maximum Gasteiger partial charge on any atom is 0.401 e. The molecule has 0 aromatic rings. The molecule has 0 aliphatic carbocycles. The van der Waals surface area contributed by atoms with Gasteiger partial charge in [0.05, 0.1) is 6.54 Å². The average Bonchev–Trinajstić information content (AvgIpc) is 2.39. The van der Waals surface area contributed by atoms with Crippen LogP contribution in [-0.4, -0.2) is 43.3 Å². The fourth-order valence-corrected chi connectivity index (χ4v) is 2.09. The highest BCUT2D eigenvalue weighted by Crippen LogP contribution is 2.19. The summed E-state index contributed by atoms with van der Waals surface area (Å²) in [6, 6.07) is 0.190. The molecule has 1 aliphatic heterocycles. The Kier molecular flexibility index (Phi) is 5.05. The van der Waals surface area contributed by atoms with Gasteiger partial charge in [-0.1, -0.05) is 20.3 Å². The van der Waals surface area contributed by atoms with Gasteiger partial charge in [0.15, 0.2) is 0 Å². The van der Waals surface area contributed by atoms with Crippen molar-refractivity contribution in [2.75, 3.05) is 26.2 Å². The zero-order valence-electron chi connectivity index (χ0n) is 9.98. The van der Waals surface area contributed by atoms with Crippen LogP contribution in [0.2, 0.25) is 0 Å². The lowest BCUT2D eigenvalue weighted by molar-refractivity contribution is -0.146. The van der Waals surface area contributed by atoms with Crippen molar-refractivity contribution < 1.29 is 13.2 Å². The lowest BCUT2D eigenvalue weighted by atomic mass is 9.99. The molecule has 1 fully saturated rings. The Bertz CT molecular complexity index is 206. The molecule has 1 saturated heterocycles. The number of halogens is 3. The molecule has 1 heterocycles. The van der Waals surface area contributed by atoms with Crippen LogP contribution in [0.1, 0.15) is 26.7 Å². The van der Waals surface area contributed by atoms with E-state index < -0.39 is 12.7 Å². The summed E-state index contributed by atoms with van der Waals surface area (Å²) in [5, 5.41) is 3.34. The average molecular weight is 238 g/mol. The standard InChI is InChI=1S/C11H21F3N2/c1-3-9(2)10-7-16(6-4-5-15-10)8-11(12,13)14/h9-10,15H,3-8H2,1-2H3. The molecule has 0 amide bonds. The number of hydrogen-bond donors (Lipinski definition) is 1. The van der Waals surface area contributed by atoms with E-state index in [9.17, 15) is 13.2 Å². The van der Waals surface area contributed by atoms with E-state index in [1.54, 1.807) is 0 Å². The van der Waals surface area contributed by atoms with E-state index >= 15 is 0 Å². The molecule has 2 atom stereocenters. The van der Waals surface area contributed by atoms with Crippen LogP contribution in [0.15, 0.2) is 0 Å². The second-order valence-corrected chi connectivity index (χ2v) is 4.65. The van der Waals surface area contributed by atoms with Gasteiger partial charge in [0.25, 0.3) is 0 Å². The number of rotatable bonds is 3. The van der Waals surface area contributed by atoms with E-state index in [-0.39, 0.29) is 6.04 Å². The Balaban J connectivity index is 2.52. The molecule has 5 heteroatoms. The molecule has 96 valence electrons. The molecule has 2 nitrogen and oxygen atoms in total. The summed E-state index contributed by atoms with van der Waals surface area (Å²) < 4.78 is 37.0. The van der Waals surface area contributed by atoms with E-state index in [1.807, 2.05) is 0 Å². The molecular weight excluding hydrogens is 217 g/mol. The van der Waals surface area contributed by atoms with Gasteiger partial charge < -0.3 is 5.32 Å². The lowest BCUT2D eigenvalue weighted by Crippen LogP contribution is -2.44. The first-order valence-electron chi connectivity index (χ1n) is 5.95. The van der Waals surface area contributed by atoms with Crippen LogP contribution in [0.3, 0.4) is 0 Å². The number of nitrogens with zero attached hydrogens (tertiary/aromatic N) is 1. The molecular formula is C11H21F3N2. The fourth-order valence-electron chi connectivity index (χ4n) is 2.09. The van der Waals surface area contributed by atoms with Crippen LogP contribution in [0.5, 0.6) is 0 Å². The monoisotopic (exact) mass is 238 g/mol. The van der Waals surface area contributed by atoms with Crippen LogP contribution in [0.4, 0.5) is 13.2 Å². The highest BCUT2D eigenvalue weighted by atomic mass is 19.4. The van der Waals surface area contributed by atoms with Gasteiger partial charge in [-0.05, 0) is 25.4 Å². The normalized spacial score (nSPS) is 26.4. The van der Waals surface area contributed by atoms with Crippen LogP contribution in [0, 0.1) is 5.92 Å². The van der Waals surface area contributed by atoms with Gasteiger partial charge in [0.1, 0.15) is 0 Å². The summed E-state index contributed by atoms with van der Waals surface area (Å²) in [5.74, 6) is 0.425. The molecule has 16 heavy (non-hydrogen) atoms. The van der Waals surface area contributed by atoms with Crippen LogP contribution >= 0.6 is 0 Å². The summed E-state index contributed by atoms with van der Waals surface area (Å²) in [6.07, 6.45) is -2.29. The minimum absolute atomic E-state index is 0.190. The lowest BCUT2D eigenvalue weighted by Gasteiger charge is -2.28. The van der Waals surface area contributed by atoms with Gasteiger partial charge in [-0.15, -0.1) is 0 Å². The van der Waals surface area contributed by atoms with Gasteiger partial charge in [0, 0.05) is 12.6 Å². The first-order valence-corrected chi connectivity index (χ1v) is 5.95. The zero-order valence-corrected chi connectivity index (χ0v) is 9.98. The molecule has 0 radical (unpaired) electrons. The second kappa shape index (κ2) is 5.87. The van der Waals surface area contributed by atoms with E-state index in [0.717, 1.165) is 19.4 Å². The van der Waals surface area contributed by atoms with Gasteiger partial charge in [0.2, 0.25) is 0 Å². The SMILES string of the molecule is CCC(C)C1CN(CC(F)(F)F)CCCN1. The summed E-state index contributed by atoms with van der Waals surface area (Å²) in [6.45, 7) is 5.26. The largest absolute Gasteiger partial charge is 0.401 e. The highest BCUT2D eigenvalue weighted by molar-refractivity contribution is 4.81. The minimum Gasteiger partial charge on any atom is -0.312 e. The maximum atomic E-state index is 12.3. The molecule has 0 bridgehead atoms. The van der Waals surface area contributed by atoms with Crippen molar-refractivity contribution in [3.63, 3.8) is 0 Å². The molecule has 0 aromatic heterocycles. The quantitative estimate of drug-likeness (QED) is 0.811. The van der Waals surface area contributed by atoms with Crippen molar-refractivity contribution in [3.8, 4) is 0 Å². The Morgan fingerprint density at radius 2 is 2.12 bits per heavy atom. The molecule has 0 spiro atoms. The topological polar surface area (TPSA) is 15.3 Å². The van der Waals surface area contributed by atoms with Gasteiger partial charge in [-0.25, -0.2) is 0 Å². The van der Waals surface area contributed by atoms with E-state index in [1.165, 1.54) is 4.90 Å². The van der Waals surface area contributed by atoms with Gasteiger partial charge in [-0.2, -0.15) is 13.2 Å². The Morgan fingerprint density at radius 1 is 1.44 bits per heavy atom. The van der Waals surface area contributed by atoms with Crippen molar-refractivity contribution >= 4 is 0 Å². The van der Waals surface area contributed by atoms with E-state index in [4.69, 9.17) is 0 Å². The first-order chi connectivity index (χ1) is 7.42. The predicted molar refractivity (Wildman–Crippen MR) is 58.4 cm³/mol. The minimum atomic E-state index is -4.08. The third-order valence-electron chi connectivity index (χ3n) is 3.25. The third kappa shape index (κ3) is 4.70. The van der Waals surface area contributed by atoms with Crippen LogP contribution < -0.4 is 5.32 Å². The van der Waals surface area contributed by atoms with Gasteiger partial charge in [-0.3, -0.25) is 4.90 Å². The molecule has 0 saturated carbocycles. The molecule has 1 N–H and O–H groups in total. The van der Waals surface area contributed by atoms with Crippen molar-refractivity contribution in [1.82, 2.24) is 10.2 Å². The molecule has 1 rings (SSSR count). The summed E-state index contributed by atoms with van der Waals surface area (Å²) >= 11 is 0. The Hall–Kier alpha value is -0.290. The molecule has 2 unspecified atom stereocenters. The third-order valence-corrected chi connectivity index (χ3v) is 3.25. The van der Waals surface area contributed by atoms with E-state index in [0.29, 0.717) is 19.0 Å². The smallest absolute Gasteiger partial charge is 0.312 e. The van der Waals surface area contributed by atoms with Crippen molar-refractivity contribution in [2.24, 2.45) is 5.92 Å². The zero-order chi connectivity index (χ0) is 12.2. The second-order valence-electron chi connectivity index (χ2n) is 4.65. The highest BCUT2D eigenvalue weighted by Gasteiger charge is 2.32. The summed E-state index contributed by atoms with van der Waals surface area (Å²) in [4.78, 5) is 1.52. The first kappa shape index (κ1) is 13.8. The summed E-state index contributed by atoms with van der Waals surface area (Å²) in [7, 11) is 0. The fraction of sp³-hybridized carbons (Fsp3) is 1.00. The van der Waals surface area contributed by atoms with Crippen LogP contribution in [-0.2, 0) is 0 Å². The van der Waals surface area contributed by atoms with Crippen molar-refractivity contribution in [2.45, 2.75) is 38.9 Å². The van der Waals surface area contributed by atoms with Gasteiger partial charge >= 0.3 is 6.18 Å². The Morgan fingerprint density at radius 3 is 2.69 bits per heavy atom. The van der Waals surface area contributed by atoms with E-state index in [2.05, 4.69) is 19.2 Å². The maximum absolute atomic E-state index is 12.3. The predicted octanol–water partition coefficient (Wildman–Crippen LogP) is 2.26. The molecule has 0 aromatic carbocycles. The van der Waals surface area contributed by atoms with Crippen molar-refractivity contribution in [3.05, 3.63) is 0 Å². The van der Waals surface area contributed by atoms with Crippen molar-refractivity contribution in [1.29, 1.82) is 0 Å². The summed E-state index contributed by atoms with van der Waals surface area (Å²) in [5.41, 5.74) is 0. The van der Waals surface area contributed by atoms with Crippen LogP contribution in [0.25, 0.3) is 0 Å².